The summed E-state index contributed by atoms with van der Waals surface area (Å²) >= 11 is 0. The van der Waals surface area contributed by atoms with E-state index < -0.39 is 0 Å². The Bertz CT molecular complexity index is 70.0. The predicted molar refractivity (Wildman–Crippen MR) is 46.9 cm³/mol. The first kappa shape index (κ1) is 9.96. The van der Waals surface area contributed by atoms with Crippen LogP contribution in [0.25, 0.3) is 0 Å². The maximum Gasteiger partial charge on any atom is 0.00387 e. The fourth-order valence-electron chi connectivity index (χ4n) is 0.622. The third kappa shape index (κ3) is 7.96. The van der Waals surface area contributed by atoms with Crippen molar-refractivity contribution in [2.24, 2.45) is 17.6 Å². The van der Waals surface area contributed by atoms with Gasteiger partial charge in [-0.15, -0.1) is 0 Å². The average Bonchev–Trinajstić information content (AvgIpc) is 2.38. The van der Waals surface area contributed by atoms with Crippen LogP contribution in [-0.2, 0) is 0 Å². The van der Waals surface area contributed by atoms with Crippen molar-refractivity contribution in [3.63, 3.8) is 0 Å². The van der Waals surface area contributed by atoms with E-state index in [1.165, 1.54) is 12.8 Å². The topological polar surface area (TPSA) is 26.0 Å². The van der Waals surface area contributed by atoms with E-state index in [-0.39, 0.29) is 0 Å². The van der Waals surface area contributed by atoms with Crippen LogP contribution in [0, 0.1) is 11.8 Å². The van der Waals surface area contributed by atoms with E-state index in [0.717, 1.165) is 11.8 Å². The Labute approximate surface area is 65.0 Å². The quantitative estimate of drug-likeness (QED) is 0.599. The van der Waals surface area contributed by atoms with Crippen molar-refractivity contribution in [1.29, 1.82) is 0 Å². The highest BCUT2D eigenvalue weighted by Gasteiger charge is 2.24. The Morgan fingerprint density at radius 3 is 1.40 bits per heavy atom. The summed E-state index contributed by atoms with van der Waals surface area (Å²) in [7, 11) is 0. The van der Waals surface area contributed by atoms with Gasteiger partial charge in [-0.05, 0) is 31.6 Å². The smallest absolute Gasteiger partial charge is 0.00387 e. The van der Waals surface area contributed by atoms with Gasteiger partial charge in [-0.2, -0.15) is 0 Å². The van der Waals surface area contributed by atoms with Crippen molar-refractivity contribution in [3.8, 4) is 0 Å². The fraction of sp³-hybridized carbons (Fsp3) is 1.00. The minimum absolute atomic E-state index is 0.463. The Hall–Kier alpha value is -0.0400. The molecular formula is C9H21N. The van der Waals surface area contributed by atoms with Gasteiger partial charge < -0.3 is 5.73 Å². The van der Waals surface area contributed by atoms with Gasteiger partial charge in [-0.3, -0.25) is 0 Å². The molecule has 62 valence electrons. The molecule has 0 bridgehead atoms. The second-order valence-electron chi connectivity index (χ2n) is 3.93. The molecule has 0 spiro atoms. The third-order valence-electron chi connectivity index (χ3n) is 1.37. The molecule has 0 saturated heterocycles. The second-order valence-corrected chi connectivity index (χ2v) is 3.93. The zero-order chi connectivity index (χ0) is 8.15. The first-order valence-electron chi connectivity index (χ1n) is 4.29. The Balaban J connectivity index is 0.000000180. The van der Waals surface area contributed by atoms with Crippen molar-refractivity contribution in [2.45, 2.75) is 46.6 Å². The van der Waals surface area contributed by atoms with E-state index in [4.69, 9.17) is 5.73 Å². The summed E-state index contributed by atoms with van der Waals surface area (Å²) in [5.41, 5.74) is 5.50. The first-order chi connectivity index (χ1) is 4.54. The van der Waals surface area contributed by atoms with Crippen LogP contribution in [0.5, 0.6) is 0 Å². The lowest BCUT2D eigenvalue weighted by Crippen LogP contribution is -2.16. The van der Waals surface area contributed by atoms with E-state index >= 15 is 0 Å². The van der Waals surface area contributed by atoms with E-state index in [2.05, 4.69) is 27.7 Å². The van der Waals surface area contributed by atoms with Gasteiger partial charge in [-0.25, -0.2) is 0 Å². The molecule has 0 radical (unpaired) electrons. The van der Waals surface area contributed by atoms with Crippen LogP contribution in [0.4, 0.5) is 0 Å². The van der Waals surface area contributed by atoms with E-state index in [1.807, 2.05) is 0 Å². The van der Waals surface area contributed by atoms with Crippen LogP contribution in [0.15, 0.2) is 0 Å². The van der Waals surface area contributed by atoms with Crippen LogP contribution < -0.4 is 5.73 Å². The third-order valence-corrected chi connectivity index (χ3v) is 1.37. The van der Waals surface area contributed by atoms with Crippen LogP contribution in [0.1, 0.15) is 40.5 Å². The Kier molecular flexibility index (Phi) is 4.71. The van der Waals surface area contributed by atoms with E-state index in [0.29, 0.717) is 6.04 Å². The summed E-state index contributed by atoms with van der Waals surface area (Å²) < 4.78 is 0. The van der Waals surface area contributed by atoms with Gasteiger partial charge in [0.2, 0.25) is 0 Å². The lowest BCUT2D eigenvalue weighted by Gasteiger charge is -1.95. The summed E-state index contributed by atoms with van der Waals surface area (Å²) in [6, 6.07) is 0.463. The SMILES string of the molecule is CC(C)C.CC(N)C1CC1. The van der Waals surface area contributed by atoms with E-state index in [9.17, 15) is 0 Å². The minimum Gasteiger partial charge on any atom is -0.328 e. The Morgan fingerprint density at radius 2 is 1.40 bits per heavy atom. The zero-order valence-electron chi connectivity index (χ0n) is 7.72. The zero-order valence-corrected chi connectivity index (χ0v) is 7.72. The highest BCUT2D eigenvalue weighted by atomic mass is 14.7. The van der Waals surface area contributed by atoms with Gasteiger partial charge in [0.05, 0.1) is 0 Å². The first-order valence-corrected chi connectivity index (χ1v) is 4.29. The van der Waals surface area contributed by atoms with Crippen LogP contribution in [-0.4, -0.2) is 6.04 Å². The summed E-state index contributed by atoms with van der Waals surface area (Å²) in [5, 5.41) is 0. The molecule has 0 aromatic rings. The molecule has 0 aromatic carbocycles. The molecule has 1 fully saturated rings. The molecule has 0 aromatic heterocycles. The number of hydrogen-bond acceptors (Lipinski definition) is 1. The van der Waals surface area contributed by atoms with Gasteiger partial charge in [0.25, 0.3) is 0 Å². The molecule has 0 aliphatic heterocycles. The lowest BCUT2D eigenvalue weighted by molar-refractivity contribution is 0.650. The van der Waals surface area contributed by atoms with Gasteiger partial charge in [0, 0.05) is 6.04 Å². The van der Waals surface area contributed by atoms with E-state index in [1.54, 1.807) is 0 Å². The number of rotatable bonds is 1. The molecule has 1 saturated carbocycles. The molecule has 0 heterocycles. The van der Waals surface area contributed by atoms with Gasteiger partial charge >= 0.3 is 0 Å². The molecule has 1 aliphatic carbocycles. The molecule has 1 unspecified atom stereocenters. The van der Waals surface area contributed by atoms with Gasteiger partial charge in [-0.1, -0.05) is 20.8 Å². The minimum atomic E-state index is 0.463. The van der Waals surface area contributed by atoms with Crippen molar-refractivity contribution in [1.82, 2.24) is 0 Å². The van der Waals surface area contributed by atoms with Crippen molar-refractivity contribution >= 4 is 0 Å². The molecular weight excluding hydrogens is 122 g/mol. The molecule has 2 N–H and O–H groups in total. The predicted octanol–water partition coefficient (Wildman–Crippen LogP) is 2.41. The van der Waals surface area contributed by atoms with Crippen molar-refractivity contribution in [2.75, 3.05) is 0 Å². The van der Waals surface area contributed by atoms with Crippen molar-refractivity contribution in [3.05, 3.63) is 0 Å². The largest absolute Gasteiger partial charge is 0.328 e. The molecule has 10 heavy (non-hydrogen) atoms. The number of nitrogens with two attached hydrogens (primary N) is 1. The van der Waals surface area contributed by atoms with Crippen LogP contribution in [0.3, 0.4) is 0 Å². The molecule has 1 aliphatic rings. The summed E-state index contributed by atoms with van der Waals surface area (Å²) in [5.74, 6) is 1.71. The lowest BCUT2D eigenvalue weighted by atomic mass is 10.2. The monoisotopic (exact) mass is 143 g/mol. The van der Waals surface area contributed by atoms with Gasteiger partial charge in [0.15, 0.2) is 0 Å². The molecule has 1 atom stereocenters. The Morgan fingerprint density at radius 1 is 1.10 bits per heavy atom. The highest BCUT2D eigenvalue weighted by molar-refractivity contribution is 4.80. The summed E-state index contributed by atoms with van der Waals surface area (Å²) in [6.45, 7) is 8.58. The normalized spacial score (nSPS) is 19.8. The molecule has 1 nitrogen and oxygen atoms in total. The average molecular weight is 143 g/mol. The maximum atomic E-state index is 5.50. The molecule has 0 amide bonds. The molecule has 1 heteroatoms. The summed E-state index contributed by atoms with van der Waals surface area (Å²) in [6.07, 6.45) is 2.75. The summed E-state index contributed by atoms with van der Waals surface area (Å²) in [4.78, 5) is 0. The van der Waals surface area contributed by atoms with Crippen LogP contribution in [0.2, 0.25) is 0 Å². The number of hydrogen-bond donors (Lipinski definition) is 1. The fourth-order valence-corrected chi connectivity index (χ4v) is 0.622. The standard InChI is InChI=1S/C5H11N.C4H10/c1-4(6)5-2-3-5;1-4(2)3/h4-5H,2-3,6H2,1H3;4H,1-3H3. The van der Waals surface area contributed by atoms with Gasteiger partial charge in [0.1, 0.15) is 0 Å². The molecule has 1 rings (SSSR count). The maximum absolute atomic E-state index is 5.50. The highest BCUT2D eigenvalue weighted by Crippen LogP contribution is 2.30. The van der Waals surface area contributed by atoms with Crippen molar-refractivity contribution < 1.29 is 0 Å². The second kappa shape index (κ2) is 4.73. The van der Waals surface area contributed by atoms with Crippen LogP contribution >= 0.6 is 0 Å².